The fraction of sp³-hybridized carbons (Fsp3) is 0.308. The molecule has 6 nitrogen and oxygen atoms in total. The van der Waals surface area contributed by atoms with Gasteiger partial charge in [0.15, 0.2) is 11.6 Å². The maximum absolute atomic E-state index is 13.2. The third kappa shape index (κ3) is 3.49. The maximum Gasteiger partial charge on any atom is 0.244 e. The molecule has 2 aromatic rings. The number of benzene rings is 1. The van der Waals surface area contributed by atoms with Crippen molar-refractivity contribution >= 4 is 10.0 Å². The minimum absolute atomic E-state index is 0.0562. The summed E-state index contributed by atoms with van der Waals surface area (Å²) >= 11 is 0. The summed E-state index contributed by atoms with van der Waals surface area (Å²) in [5, 5.41) is 13.8. The summed E-state index contributed by atoms with van der Waals surface area (Å²) in [4.78, 5) is -0.0562. The summed E-state index contributed by atoms with van der Waals surface area (Å²) in [7, 11) is -2.30. The number of nitrogens with zero attached hydrogens (tertiary/aromatic N) is 2. The van der Waals surface area contributed by atoms with Gasteiger partial charge in [-0.15, -0.1) is 0 Å². The maximum atomic E-state index is 13.2. The van der Waals surface area contributed by atoms with Crippen molar-refractivity contribution in [3.63, 3.8) is 0 Å². The van der Waals surface area contributed by atoms with Crippen molar-refractivity contribution in [2.45, 2.75) is 24.0 Å². The molecule has 22 heavy (non-hydrogen) atoms. The average Bonchev–Trinajstić information content (AvgIpc) is 2.88. The standard InChI is InChI=1S/C13H15F2N3O3S/c1-8(13(19)9-3-4-11(14)12(15)5-9)17-22(20,21)10-6-16-18(2)7-10/h3-8,13,17,19H,1-2H3/t8-,13-/m0/s1. The Labute approximate surface area is 126 Å². The van der Waals surface area contributed by atoms with Crippen LogP contribution in [-0.2, 0) is 17.1 Å². The van der Waals surface area contributed by atoms with Gasteiger partial charge in [0, 0.05) is 19.3 Å². The molecule has 2 atom stereocenters. The number of hydrogen-bond acceptors (Lipinski definition) is 4. The highest BCUT2D eigenvalue weighted by Crippen LogP contribution is 2.20. The number of nitrogens with one attached hydrogen (secondary N) is 1. The lowest BCUT2D eigenvalue weighted by molar-refractivity contribution is 0.146. The first-order chi connectivity index (χ1) is 10.2. The fourth-order valence-electron chi connectivity index (χ4n) is 1.90. The van der Waals surface area contributed by atoms with Gasteiger partial charge in [0.05, 0.1) is 12.3 Å². The third-order valence-electron chi connectivity index (χ3n) is 3.09. The topological polar surface area (TPSA) is 84.2 Å². The van der Waals surface area contributed by atoms with Crippen LogP contribution in [0.15, 0.2) is 35.5 Å². The third-order valence-corrected chi connectivity index (χ3v) is 4.60. The minimum atomic E-state index is -3.87. The predicted molar refractivity (Wildman–Crippen MR) is 74.3 cm³/mol. The molecule has 0 aliphatic heterocycles. The Morgan fingerprint density at radius 2 is 2.00 bits per heavy atom. The van der Waals surface area contributed by atoms with Crippen LogP contribution in [0.3, 0.4) is 0 Å². The average molecular weight is 331 g/mol. The van der Waals surface area contributed by atoms with Gasteiger partial charge in [-0.3, -0.25) is 4.68 Å². The van der Waals surface area contributed by atoms with Gasteiger partial charge in [0.25, 0.3) is 0 Å². The van der Waals surface area contributed by atoms with Gasteiger partial charge < -0.3 is 5.11 Å². The SMILES string of the molecule is C[C@H](NS(=O)(=O)c1cnn(C)c1)[C@H](O)c1ccc(F)c(F)c1. The number of aliphatic hydroxyl groups is 1. The van der Waals surface area contributed by atoms with Gasteiger partial charge in [0.2, 0.25) is 10.0 Å². The van der Waals surface area contributed by atoms with E-state index in [0.717, 1.165) is 12.1 Å². The highest BCUT2D eigenvalue weighted by atomic mass is 32.2. The molecule has 1 aromatic heterocycles. The van der Waals surface area contributed by atoms with Crippen molar-refractivity contribution in [2.24, 2.45) is 7.05 Å². The normalized spacial score (nSPS) is 14.8. The summed E-state index contributed by atoms with van der Waals surface area (Å²) in [6.07, 6.45) is 1.14. The molecule has 9 heteroatoms. The molecule has 2 N–H and O–H groups in total. The molecular formula is C13H15F2N3O3S. The summed E-state index contributed by atoms with van der Waals surface area (Å²) in [5.41, 5.74) is 0.0697. The van der Waals surface area contributed by atoms with E-state index in [2.05, 4.69) is 9.82 Å². The van der Waals surface area contributed by atoms with Crippen LogP contribution < -0.4 is 4.72 Å². The number of aryl methyl sites for hydroxylation is 1. The van der Waals surface area contributed by atoms with E-state index in [-0.39, 0.29) is 10.5 Å². The molecule has 0 amide bonds. The Bertz CT molecular complexity index is 777. The van der Waals surface area contributed by atoms with Gasteiger partial charge >= 0.3 is 0 Å². The summed E-state index contributed by atoms with van der Waals surface area (Å²) in [6.45, 7) is 1.42. The van der Waals surface area contributed by atoms with E-state index in [0.29, 0.717) is 0 Å². The highest BCUT2D eigenvalue weighted by molar-refractivity contribution is 7.89. The fourth-order valence-corrected chi connectivity index (χ4v) is 3.13. The minimum Gasteiger partial charge on any atom is -0.387 e. The lowest BCUT2D eigenvalue weighted by atomic mass is 10.0. The second-order valence-corrected chi connectivity index (χ2v) is 6.59. The van der Waals surface area contributed by atoms with Crippen LogP contribution >= 0.6 is 0 Å². The van der Waals surface area contributed by atoms with Crippen molar-refractivity contribution in [1.29, 1.82) is 0 Å². The molecule has 0 aliphatic carbocycles. The predicted octanol–water partition coefficient (Wildman–Crippen LogP) is 1.10. The van der Waals surface area contributed by atoms with Crippen LogP contribution in [-0.4, -0.2) is 29.3 Å². The molecule has 0 bridgehead atoms. The van der Waals surface area contributed by atoms with Crippen molar-refractivity contribution < 1.29 is 22.3 Å². The van der Waals surface area contributed by atoms with Crippen LogP contribution in [0.1, 0.15) is 18.6 Å². The van der Waals surface area contributed by atoms with E-state index < -0.39 is 33.8 Å². The molecule has 0 saturated heterocycles. The van der Waals surface area contributed by atoms with Crippen LogP contribution in [0.5, 0.6) is 0 Å². The van der Waals surface area contributed by atoms with Crippen LogP contribution in [0.4, 0.5) is 8.78 Å². The van der Waals surface area contributed by atoms with Gasteiger partial charge in [-0.1, -0.05) is 6.07 Å². The molecule has 0 radical (unpaired) electrons. The van der Waals surface area contributed by atoms with Crippen molar-refractivity contribution in [3.05, 3.63) is 47.8 Å². The van der Waals surface area contributed by atoms with E-state index in [9.17, 15) is 22.3 Å². The van der Waals surface area contributed by atoms with E-state index >= 15 is 0 Å². The van der Waals surface area contributed by atoms with E-state index in [4.69, 9.17) is 0 Å². The first kappa shape index (κ1) is 16.5. The summed E-state index contributed by atoms with van der Waals surface area (Å²) in [5.74, 6) is -2.15. The second-order valence-electron chi connectivity index (χ2n) is 4.88. The van der Waals surface area contributed by atoms with Gasteiger partial charge in [-0.2, -0.15) is 5.10 Å². The molecule has 0 saturated carbocycles. The van der Waals surface area contributed by atoms with Crippen molar-refractivity contribution in [2.75, 3.05) is 0 Å². The molecule has 2 rings (SSSR count). The Balaban J connectivity index is 2.17. The molecular weight excluding hydrogens is 316 g/mol. The smallest absolute Gasteiger partial charge is 0.244 e. The molecule has 0 spiro atoms. The lowest BCUT2D eigenvalue weighted by Crippen LogP contribution is -2.37. The molecule has 1 heterocycles. The van der Waals surface area contributed by atoms with E-state index in [1.807, 2.05) is 0 Å². The number of rotatable bonds is 5. The zero-order valence-electron chi connectivity index (χ0n) is 11.9. The van der Waals surface area contributed by atoms with E-state index in [1.54, 1.807) is 7.05 Å². The Hall–Kier alpha value is -1.84. The van der Waals surface area contributed by atoms with Crippen molar-refractivity contribution in [3.8, 4) is 0 Å². The first-order valence-electron chi connectivity index (χ1n) is 6.34. The van der Waals surface area contributed by atoms with Gasteiger partial charge in [-0.05, 0) is 24.6 Å². The lowest BCUT2D eigenvalue weighted by Gasteiger charge is -2.20. The van der Waals surface area contributed by atoms with Gasteiger partial charge in [-0.25, -0.2) is 21.9 Å². The monoisotopic (exact) mass is 331 g/mol. The Kier molecular flexibility index (Phi) is 4.59. The molecule has 0 aliphatic rings. The highest BCUT2D eigenvalue weighted by Gasteiger charge is 2.25. The number of aliphatic hydroxyl groups excluding tert-OH is 1. The number of aromatic nitrogens is 2. The van der Waals surface area contributed by atoms with Gasteiger partial charge in [0.1, 0.15) is 4.90 Å². The first-order valence-corrected chi connectivity index (χ1v) is 7.83. The molecule has 1 aromatic carbocycles. The molecule has 120 valence electrons. The summed E-state index contributed by atoms with van der Waals surface area (Å²) in [6, 6.07) is 1.94. The van der Waals surface area contributed by atoms with E-state index in [1.165, 1.54) is 30.1 Å². The zero-order valence-corrected chi connectivity index (χ0v) is 12.7. The Morgan fingerprint density at radius 1 is 1.32 bits per heavy atom. The largest absolute Gasteiger partial charge is 0.387 e. The van der Waals surface area contributed by atoms with Crippen LogP contribution in [0, 0.1) is 11.6 Å². The molecule has 0 fully saturated rings. The Morgan fingerprint density at radius 3 is 2.55 bits per heavy atom. The number of sulfonamides is 1. The quantitative estimate of drug-likeness (QED) is 0.859. The van der Waals surface area contributed by atoms with Crippen LogP contribution in [0.2, 0.25) is 0 Å². The van der Waals surface area contributed by atoms with Crippen LogP contribution in [0.25, 0.3) is 0 Å². The second kappa shape index (κ2) is 6.11. The number of halogens is 2. The summed E-state index contributed by atoms with van der Waals surface area (Å²) < 4.78 is 53.9. The van der Waals surface area contributed by atoms with Crippen molar-refractivity contribution in [1.82, 2.24) is 14.5 Å². The zero-order chi connectivity index (χ0) is 16.5. The molecule has 0 unspecified atom stereocenters. The number of hydrogen-bond donors (Lipinski definition) is 2.